The molecule has 4 fully saturated rings. The molecule has 8 nitrogen and oxygen atoms in total. The van der Waals surface area contributed by atoms with Crippen molar-refractivity contribution in [3.63, 3.8) is 0 Å². The summed E-state index contributed by atoms with van der Waals surface area (Å²) in [5, 5.41) is 3.07. The van der Waals surface area contributed by atoms with Crippen LogP contribution in [0.5, 0.6) is 0 Å². The number of likely N-dealkylation sites (N-methyl/N-ethyl adjacent to an activating group) is 1. The minimum absolute atomic E-state index is 0.0130. The first-order valence-corrected chi connectivity index (χ1v) is 14.9. The summed E-state index contributed by atoms with van der Waals surface area (Å²) < 4.78 is 6.90. The van der Waals surface area contributed by atoms with Gasteiger partial charge >= 0.3 is 0 Å². The number of likely N-dealkylation sites (tertiary alicyclic amines) is 1. The number of pyridine rings is 1. The van der Waals surface area contributed by atoms with Crippen molar-refractivity contribution in [2.24, 2.45) is 5.92 Å². The molecule has 0 radical (unpaired) electrons. The SMILES string of the molecule is CN(CCc1ccccn1)C1CCC2C(=O)C(C(=O)NCCN3CCCC3)=CN3C4CCCCC4OC1C23. The lowest BCUT2D eigenvalue weighted by molar-refractivity contribution is -0.198. The molecule has 1 amide bonds. The standard InChI is InChI=1S/C30H43N5O3/c1-33(18-13-21-8-4-5-14-31-21)25-12-11-22-27-29(25)38-26-10-3-2-9-24(26)35(27)20-23(28(22)36)30(37)32-15-19-34-16-6-7-17-34/h4-5,8,14,20,22,24-27,29H,2-3,6-7,9-13,15-19H2,1H3,(H,32,37). The number of ether oxygens (including phenoxy) is 1. The first-order chi connectivity index (χ1) is 18.6. The fraction of sp³-hybridized carbons (Fsp3) is 0.700. The molecule has 3 aliphatic heterocycles. The van der Waals surface area contributed by atoms with Crippen LogP contribution < -0.4 is 5.32 Å². The highest BCUT2D eigenvalue weighted by molar-refractivity contribution is 6.20. The number of hydrogen-bond acceptors (Lipinski definition) is 7. The number of carbonyl (C=O) groups excluding carboxylic acids is 2. The number of fused-ring (bicyclic) bond motifs is 2. The molecule has 2 saturated heterocycles. The van der Waals surface area contributed by atoms with Gasteiger partial charge < -0.3 is 24.8 Å². The maximum Gasteiger partial charge on any atom is 0.256 e. The Labute approximate surface area is 226 Å². The van der Waals surface area contributed by atoms with Crippen LogP contribution in [-0.4, -0.2) is 101 Å². The topological polar surface area (TPSA) is 78.0 Å². The molecule has 206 valence electrons. The van der Waals surface area contributed by atoms with Gasteiger partial charge in [0.1, 0.15) is 0 Å². The van der Waals surface area contributed by atoms with Crippen LogP contribution in [-0.2, 0) is 20.7 Å². The van der Waals surface area contributed by atoms with Crippen molar-refractivity contribution in [2.75, 3.05) is 39.8 Å². The van der Waals surface area contributed by atoms with E-state index in [1.807, 2.05) is 24.5 Å². The molecule has 1 aromatic rings. The zero-order valence-electron chi connectivity index (χ0n) is 22.8. The zero-order valence-corrected chi connectivity index (χ0v) is 22.8. The third kappa shape index (κ3) is 5.15. The first kappa shape index (κ1) is 26.0. The summed E-state index contributed by atoms with van der Waals surface area (Å²) in [7, 11) is 2.19. The van der Waals surface area contributed by atoms with Crippen LogP contribution in [0, 0.1) is 5.92 Å². The molecule has 6 atom stereocenters. The minimum atomic E-state index is -0.197. The number of carbonyl (C=O) groups is 2. The number of nitrogens with one attached hydrogen (secondary N) is 1. The summed E-state index contributed by atoms with van der Waals surface area (Å²) >= 11 is 0. The van der Waals surface area contributed by atoms with Crippen LogP contribution in [0.1, 0.15) is 57.1 Å². The van der Waals surface area contributed by atoms with Gasteiger partial charge in [0.15, 0.2) is 5.78 Å². The highest BCUT2D eigenvalue weighted by atomic mass is 16.5. The number of ketones is 1. The predicted octanol–water partition coefficient (Wildman–Crippen LogP) is 2.39. The van der Waals surface area contributed by atoms with Gasteiger partial charge in [-0.25, -0.2) is 0 Å². The fourth-order valence-corrected chi connectivity index (χ4v) is 7.64. The normalized spacial score (nSPS) is 33.1. The molecular formula is C30H43N5O3. The van der Waals surface area contributed by atoms with Crippen molar-refractivity contribution >= 4 is 11.7 Å². The summed E-state index contributed by atoms with van der Waals surface area (Å²) in [6.45, 7) is 4.57. The summed E-state index contributed by atoms with van der Waals surface area (Å²) in [6.07, 6.45) is 13.5. The molecule has 0 aromatic carbocycles. The van der Waals surface area contributed by atoms with Gasteiger partial charge in [0, 0.05) is 56.1 Å². The molecular weight excluding hydrogens is 478 g/mol. The van der Waals surface area contributed by atoms with E-state index >= 15 is 0 Å². The van der Waals surface area contributed by atoms with E-state index in [2.05, 4.69) is 38.1 Å². The molecule has 1 N–H and O–H groups in total. The average Bonchev–Trinajstić information content (AvgIpc) is 3.47. The van der Waals surface area contributed by atoms with Crippen molar-refractivity contribution in [1.29, 1.82) is 0 Å². The van der Waals surface area contributed by atoms with Crippen LogP contribution in [0.2, 0.25) is 0 Å². The quantitative estimate of drug-likeness (QED) is 0.527. The van der Waals surface area contributed by atoms with Gasteiger partial charge in [0.2, 0.25) is 0 Å². The molecule has 6 unspecified atom stereocenters. The van der Waals surface area contributed by atoms with Crippen molar-refractivity contribution in [2.45, 2.75) is 88.1 Å². The Bertz CT molecular complexity index is 1030. The van der Waals surface area contributed by atoms with E-state index in [0.29, 0.717) is 12.1 Å². The monoisotopic (exact) mass is 521 g/mol. The second kappa shape index (κ2) is 11.4. The highest BCUT2D eigenvalue weighted by Crippen LogP contribution is 2.45. The van der Waals surface area contributed by atoms with E-state index in [0.717, 1.165) is 64.0 Å². The van der Waals surface area contributed by atoms with Gasteiger partial charge in [-0.1, -0.05) is 18.9 Å². The van der Waals surface area contributed by atoms with E-state index in [1.165, 1.54) is 25.7 Å². The largest absolute Gasteiger partial charge is 0.369 e. The van der Waals surface area contributed by atoms with Crippen molar-refractivity contribution < 1.29 is 14.3 Å². The Hall–Kier alpha value is -2.29. The number of rotatable bonds is 8. The van der Waals surface area contributed by atoms with Gasteiger partial charge in [0.25, 0.3) is 5.91 Å². The molecule has 0 bridgehead atoms. The second-order valence-corrected chi connectivity index (χ2v) is 11.9. The Morgan fingerprint density at radius 3 is 2.79 bits per heavy atom. The first-order valence-electron chi connectivity index (χ1n) is 14.9. The number of morpholine rings is 1. The van der Waals surface area contributed by atoms with Crippen LogP contribution >= 0.6 is 0 Å². The molecule has 38 heavy (non-hydrogen) atoms. The Morgan fingerprint density at radius 1 is 1.13 bits per heavy atom. The second-order valence-electron chi connectivity index (χ2n) is 11.9. The summed E-state index contributed by atoms with van der Waals surface area (Å²) in [5.74, 6) is -0.354. The lowest BCUT2D eigenvalue weighted by Crippen LogP contribution is -2.70. The number of aromatic nitrogens is 1. The van der Waals surface area contributed by atoms with Crippen molar-refractivity contribution in [3.05, 3.63) is 41.9 Å². The molecule has 6 rings (SSSR count). The maximum atomic E-state index is 13.8. The summed E-state index contributed by atoms with van der Waals surface area (Å²) in [5.41, 5.74) is 1.46. The van der Waals surface area contributed by atoms with Crippen molar-refractivity contribution in [1.82, 2.24) is 25.0 Å². The molecule has 5 aliphatic rings. The third-order valence-corrected chi connectivity index (χ3v) is 9.68. The van der Waals surface area contributed by atoms with E-state index in [1.54, 1.807) is 0 Å². The smallest absolute Gasteiger partial charge is 0.256 e. The summed E-state index contributed by atoms with van der Waals surface area (Å²) in [4.78, 5) is 38.8. The molecule has 2 aliphatic carbocycles. The van der Waals surface area contributed by atoms with Gasteiger partial charge in [-0.2, -0.15) is 0 Å². The van der Waals surface area contributed by atoms with E-state index in [9.17, 15) is 9.59 Å². The lowest BCUT2D eigenvalue weighted by atomic mass is 9.70. The number of amides is 1. The molecule has 1 aromatic heterocycles. The van der Waals surface area contributed by atoms with E-state index < -0.39 is 0 Å². The number of nitrogens with zero attached hydrogens (tertiary/aromatic N) is 4. The van der Waals surface area contributed by atoms with Crippen LogP contribution in [0.15, 0.2) is 36.2 Å². The molecule has 0 spiro atoms. The lowest BCUT2D eigenvalue weighted by Gasteiger charge is -2.59. The number of hydrogen-bond donors (Lipinski definition) is 1. The molecule has 8 heteroatoms. The maximum absolute atomic E-state index is 13.8. The predicted molar refractivity (Wildman–Crippen MR) is 145 cm³/mol. The molecule has 4 heterocycles. The van der Waals surface area contributed by atoms with E-state index in [4.69, 9.17) is 4.74 Å². The van der Waals surface area contributed by atoms with Crippen LogP contribution in [0.4, 0.5) is 0 Å². The minimum Gasteiger partial charge on any atom is -0.369 e. The van der Waals surface area contributed by atoms with Gasteiger partial charge in [-0.15, -0.1) is 0 Å². The van der Waals surface area contributed by atoms with Gasteiger partial charge in [-0.3, -0.25) is 14.6 Å². The Balaban J connectivity index is 1.19. The highest BCUT2D eigenvalue weighted by Gasteiger charge is 2.56. The zero-order chi connectivity index (χ0) is 26.1. The van der Waals surface area contributed by atoms with E-state index in [-0.39, 0.29) is 47.9 Å². The van der Waals surface area contributed by atoms with Crippen LogP contribution in [0.3, 0.4) is 0 Å². The molecule has 2 saturated carbocycles. The number of Topliss-reactive ketones (excluding diaryl/α,β-unsaturated/α-hetero) is 1. The summed E-state index contributed by atoms with van der Waals surface area (Å²) in [6, 6.07) is 6.60. The Morgan fingerprint density at radius 2 is 1.97 bits per heavy atom. The van der Waals surface area contributed by atoms with Gasteiger partial charge in [-0.05, 0) is 70.8 Å². The Kier molecular flexibility index (Phi) is 7.82. The van der Waals surface area contributed by atoms with Crippen LogP contribution in [0.25, 0.3) is 0 Å². The fourth-order valence-electron chi connectivity index (χ4n) is 7.64. The average molecular weight is 522 g/mol. The third-order valence-electron chi connectivity index (χ3n) is 9.68. The van der Waals surface area contributed by atoms with Crippen molar-refractivity contribution in [3.8, 4) is 0 Å². The van der Waals surface area contributed by atoms with Gasteiger partial charge in [0.05, 0.1) is 29.9 Å².